The molecule has 4 nitrogen and oxygen atoms in total. The van der Waals surface area contributed by atoms with Crippen molar-refractivity contribution in [2.45, 2.75) is 6.04 Å². The molecule has 1 atom stereocenters. The van der Waals surface area contributed by atoms with E-state index in [1.807, 2.05) is 6.07 Å². The van der Waals surface area contributed by atoms with Crippen LogP contribution in [0, 0.1) is 0 Å². The standard InChI is InChI=1S/C9H10ClN3O/c10-9-8-5(1-2-12-8)6(3-13-9)7(11)4-14/h1-3,7,12,14H,4,11H2. The Kier molecular flexibility index (Phi) is 2.41. The van der Waals surface area contributed by atoms with Crippen LogP contribution in [0.1, 0.15) is 11.6 Å². The second kappa shape index (κ2) is 3.57. The van der Waals surface area contributed by atoms with Gasteiger partial charge in [0.05, 0.1) is 18.2 Å². The molecule has 2 aromatic rings. The number of aromatic amines is 1. The van der Waals surface area contributed by atoms with Gasteiger partial charge in [0.1, 0.15) is 0 Å². The van der Waals surface area contributed by atoms with Crippen molar-refractivity contribution in [3.05, 3.63) is 29.2 Å². The molecule has 4 N–H and O–H groups in total. The lowest BCUT2D eigenvalue weighted by Crippen LogP contribution is -2.15. The van der Waals surface area contributed by atoms with Crippen molar-refractivity contribution in [3.8, 4) is 0 Å². The molecular weight excluding hydrogens is 202 g/mol. The molecule has 2 heterocycles. The van der Waals surface area contributed by atoms with Crippen LogP contribution in [-0.4, -0.2) is 21.7 Å². The average molecular weight is 212 g/mol. The van der Waals surface area contributed by atoms with Crippen LogP contribution >= 0.6 is 11.6 Å². The van der Waals surface area contributed by atoms with Crippen molar-refractivity contribution < 1.29 is 5.11 Å². The van der Waals surface area contributed by atoms with Gasteiger partial charge in [0.15, 0.2) is 5.15 Å². The van der Waals surface area contributed by atoms with Crippen LogP contribution in [-0.2, 0) is 0 Å². The van der Waals surface area contributed by atoms with Crippen molar-refractivity contribution in [1.82, 2.24) is 9.97 Å². The van der Waals surface area contributed by atoms with Crippen LogP contribution in [0.15, 0.2) is 18.5 Å². The molecule has 2 rings (SSSR count). The molecule has 0 saturated carbocycles. The molecule has 5 heteroatoms. The predicted octanol–water partition coefficient (Wildman–Crippen LogP) is 1.21. The average Bonchev–Trinajstić information content (AvgIpc) is 2.67. The molecule has 2 aromatic heterocycles. The van der Waals surface area contributed by atoms with Gasteiger partial charge in [0, 0.05) is 17.8 Å². The van der Waals surface area contributed by atoms with Crippen LogP contribution in [0.4, 0.5) is 0 Å². The number of aliphatic hydroxyl groups excluding tert-OH is 1. The minimum absolute atomic E-state index is 0.108. The van der Waals surface area contributed by atoms with E-state index in [0.717, 1.165) is 16.5 Å². The maximum Gasteiger partial charge on any atom is 0.153 e. The molecule has 0 amide bonds. The third-order valence-corrected chi connectivity index (χ3v) is 2.46. The first-order valence-corrected chi connectivity index (χ1v) is 4.59. The molecule has 14 heavy (non-hydrogen) atoms. The van der Waals surface area contributed by atoms with E-state index < -0.39 is 6.04 Å². The summed E-state index contributed by atoms with van der Waals surface area (Å²) < 4.78 is 0. The second-order valence-corrected chi connectivity index (χ2v) is 3.42. The highest BCUT2D eigenvalue weighted by molar-refractivity contribution is 6.33. The fourth-order valence-corrected chi connectivity index (χ4v) is 1.64. The number of aliphatic hydroxyl groups is 1. The third kappa shape index (κ3) is 1.37. The second-order valence-electron chi connectivity index (χ2n) is 3.06. The number of nitrogens with one attached hydrogen (secondary N) is 1. The molecule has 0 bridgehead atoms. The molecule has 0 radical (unpaired) electrons. The van der Waals surface area contributed by atoms with Crippen molar-refractivity contribution in [2.75, 3.05) is 6.61 Å². The molecule has 0 aromatic carbocycles. The minimum atomic E-state index is -0.418. The Bertz CT molecular complexity index is 454. The topological polar surface area (TPSA) is 74.9 Å². The van der Waals surface area contributed by atoms with E-state index in [4.69, 9.17) is 22.4 Å². The van der Waals surface area contributed by atoms with Gasteiger partial charge in [-0.15, -0.1) is 0 Å². The van der Waals surface area contributed by atoms with Gasteiger partial charge in [-0.05, 0) is 11.6 Å². The summed E-state index contributed by atoms with van der Waals surface area (Å²) in [6.07, 6.45) is 3.37. The zero-order chi connectivity index (χ0) is 10.1. The largest absolute Gasteiger partial charge is 0.394 e. The number of nitrogens with two attached hydrogens (primary N) is 1. The monoisotopic (exact) mass is 211 g/mol. The van der Waals surface area contributed by atoms with E-state index in [0.29, 0.717) is 5.15 Å². The summed E-state index contributed by atoms with van der Waals surface area (Å²) in [4.78, 5) is 6.97. The maximum absolute atomic E-state index is 8.96. The number of hydrogen-bond donors (Lipinski definition) is 3. The van der Waals surface area contributed by atoms with E-state index in [9.17, 15) is 0 Å². The summed E-state index contributed by atoms with van der Waals surface area (Å²) >= 11 is 5.87. The first-order chi connectivity index (χ1) is 6.74. The molecule has 0 saturated heterocycles. The fourth-order valence-electron chi connectivity index (χ4n) is 1.43. The Morgan fingerprint density at radius 2 is 2.43 bits per heavy atom. The smallest absolute Gasteiger partial charge is 0.153 e. The highest BCUT2D eigenvalue weighted by atomic mass is 35.5. The van der Waals surface area contributed by atoms with Crippen molar-refractivity contribution in [1.29, 1.82) is 0 Å². The van der Waals surface area contributed by atoms with E-state index in [2.05, 4.69) is 9.97 Å². The Morgan fingerprint density at radius 3 is 3.14 bits per heavy atom. The fraction of sp³-hybridized carbons (Fsp3) is 0.222. The third-order valence-electron chi connectivity index (χ3n) is 2.18. The van der Waals surface area contributed by atoms with Crippen LogP contribution in [0.3, 0.4) is 0 Å². The number of fused-ring (bicyclic) bond motifs is 1. The number of halogens is 1. The molecule has 0 fully saturated rings. The molecule has 1 unspecified atom stereocenters. The number of rotatable bonds is 2. The van der Waals surface area contributed by atoms with Gasteiger partial charge in [0.2, 0.25) is 0 Å². The summed E-state index contributed by atoms with van der Waals surface area (Å²) in [5, 5.41) is 10.3. The van der Waals surface area contributed by atoms with Gasteiger partial charge in [-0.1, -0.05) is 11.6 Å². The molecule has 74 valence electrons. The highest BCUT2D eigenvalue weighted by Gasteiger charge is 2.12. The lowest BCUT2D eigenvalue weighted by molar-refractivity contribution is 0.268. The Balaban J connectivity index is 2.66. The molecule has 0 aliphatic rings. The molecule has 0 spiro atoms. The van der Waals surface area contributed by atoms with Gasteiger partial charge in [-0.3, -0.25) is 0 Å². The quantitative estimate of drug-likeness (QED) is 0.654. The lowest BCUT2D eigenvalue weighted by Gasteiger charge is -2.09. The van der Waals surface area contributed by atoms with Gasteiger partial charge in [0.25, 0.3) is 0 Å². The SMILES string of the molecule is NC(CO)c1cnc(Cl)c2[nH]ccc12. The zero-order valence-electron chi connectivity index (χ0n) is 7.37. The number of nitrogens with zero attached hydrogens (tertiary/aromatic N) is 1. The molecular formula is C9H10ClN3O. The van der Waals surface area contributed by atoms with E-state index >= 15 is 0 Å². The summed E-state index contributed by atoms with van der Waals surface area (Å²) in [6.45, 7) is -0.108. The van der Waals surface area contributed by atoms with E-state index in [-0.39, 0.29) is 6.61 Å². The Hall–Kier alpha value is -1.10. The summed E-state index contributed by atoms with van der Waals surface area (Å²) in [5.74, 6) is 0. The first-order valence-electron chi connectivity index (χ1n) is 4.22. The highest BCUT2D eigenvalue weighted by Crippen LogP contribution is 2.25. The van der Waals surface area contributed by atoms with Crippen LogP contribution in [0.5, 0.6) is 0 Å². The summed E-state index contributed by atoms with van der Waals surface area (Å²) in [7, 11) is 0. The summed E-state index contributed by atoms with van der Waals surface area (Å²) in [6, 6.07) is 1.45. The van der Waals surface area contributed by atoms with E-state index in [1.54, 1.807) is 12.4 Å². The van der Waals surface area contributed by atoms with Crippen molar-refractivity contribution in [2.24, 2.45) is 5.73 Å². The van der Waals surface area contributed by atoms with Crippen LogP contribution in [0.25, 0.3) is 10.9 Å². The van der Waals surface area contributed by atoms with Crippen molar-refractivity contribution in [3.63, 3.8) is 0 Å². The number of H-pyrrole nitrogens is 1. The van der Waals surface area contributed by atoms with Crippen LogP contribution < -0.4 is 5.73 Å². The first kappa shape index (κ1) is 9.45. The zero-order valence-corrected chi connectivity index (χ0v) is 8.12. The molecule has 0 aliphatic carbocycles. The number of aromatic nitrogens is 2. The Labute approximate surface area is 85.7 Å². The lowest BCUT2D eigenvalue weighted by atomic mass is 10.1. The van der Waals surface area contributed by atoms with Gasteiger partial charge in [-0.2, -0.15) is 0 Å². The van der Waals surface area contributed by atoms with Gasteiger partial charge >= 0.3 is 0 Å². The van der Waals surface area contributed by atoms with Gasteiger partial charge < -0.3 is 15.8 Å². The van der Waals surface area contributed by atoms with Crippen LogP contribution in [0.2, 0.25) is 5.15 Å². The number of pyridine rings is 1. The normalized spacial score (nSPS) is 13.4. The van der Waals surface area contributed by atoms with Crippen molar-refractivity contribution >= 4 is 22.5 Å². The minimum Gasteiger partial charge on any atom is -0.394 e. The molecule has 0 aliphatic heterocycles. The van der Waals surface area contributed by atoms with Gasteiger partial charge in [-0.25, -0.2) is 4.98 Å². The Morgan fingerprint density at radius 1 is 1.64 bits per heavy atom. The number of hydrogen-bond acceptors (Lipinski definition) is 3. The van der Waals surface area contributed by atoms with E-state index in [1.165, 1.54) is 0 Å². The maximum atomic E-state index is 8.96. The predicted molar refractivity (Wildman–Crippen MR) is 55.1 cm³/mol. The summed E-state index contributed by atoms with van der Waals surface area (Å²) in [5.41, 5.74) is 7.28.